The van der Waals surface area contributed by atoms with Crippen LogP contribution in [0.2, 0.25) is 0 Å². The Bertz CT molecular complexity index is 529. The van der Waals surface area contributed by atoms with E-state index in [0.717, 1.165) is 24.0 Å². The number of carbonyl (C=O) groups excluding carboxylic acids is 1. The Morgan fingerprint density at radius 2 is 2.00 bits per heavy atom. The van der Waals surface area contributed by atoms with Gasteiger partial charge in [0.15, 0.2) is 5.78 Å². The van der Waals surface area contributed by atoms with Crippen molar-refractivity contribution in [3.8, 4) is 11.1 Å². The number of thiophene rings is 1. The highest BCUT2D eigenvalue weighted by atomic mass is 32.1. The lowest BCUT2D eigenvalue weighted by Gasteiger charge is -2.01. The Morgan fingerprint density at radius 3 is 2.61 bits per heavy atom. The lowest BCUT2D eigenvalue weighted by molar-refractivity contribution is 0.0908. The van der Waals surface area contributed by atoms with Gasteiger partial charge in [0, 0.05) is 4.88 Å². The van der Waals surface area contributed by atoms with Crippen molar-refractivity contribution in [3.63, 3.8) is 0 Å². The molecule has 0 bridgehead atoms. The average Bonchev–Trinajstić information content (AvgIpc) is 2.83. The van der Waals surface area contributed by atoms with Gasteiger partial charge in [-0.05, 0) is 23.6 Å². The van der Waals surface area contributed by atoms with Crippen LogP contribution in [0.1, 0.15) is 27.9 Å². The molecule has 2 nitrogen and oxygen atoms in total. The van der Waals surface area contributed by atoms with Gasteiger partial charge in [-0.3, -0.25) is 4.79 Å². The van der Waals surface area contributed by atoms with E-state index in [2.05, 4.69) is 19.1 Å². The minimum atomic E-state index is -0.416. The largest absolute Gasteiger partial charge is 0.388 e. The molecule has 0 spiro atoms. The monoisotopic (exact) mass is 260 g/mol. The summed E-state index contributed by atoms with van der Waals surface area (Å²) >= 11 is 1.50. The van der Waals surface area contributed by atoms with Crippen molar-refractivity contribution in [1.82, 2.24) is 0 Å². The van der Waals surface area contributed by atoms with Gasteiger partial charge in [0.1, 0.15) is 6.61 Å². The van der Waals surface area contributed by atoms with E-state index in [9.17, 15) is 4.79 Å². The predicted octanol–water partition coefficient (Wildman–Crippen LogP) is 3.54. The van der Waals surface area contributed by atoms with E-state index >= 15 is 0 Å². The van der Waals surface area contributed by atoms with Gasteiger partial charge in [-0.1, -0.05) is 43.7 Å². The van der Waals surface area contributed by atoms with Gasteiger partial charge < -0.3 is 5.11 Å². The molecule has 0 radical (unpaired) electrons. The lowest BCUT2D eigenvalue weighted by Crippen LogP contribution is -2.00. The third-order valence-electron chi connectivity index (χ3n) is 2.79. The summed E-state index contributed by atoms with van der Waals surface area (Å²) in [6.45, 7) is 1.71. The maximum Gasteiger partial charge on any atom is 0.198 e. The van der Waals surface area contributed by atoms with E-state index in [1.54, 1.807) is 0 Å². The zero-order chi connectivity index (χ0) is 13.0. The molecule has 0 saturated heterocycles. The zero-order valence-electron chi connectivity index (χ0n) is 10.3. The molecule has 3 heteroatoms. The number of ketones is 1. The second-order valence-corrected chi connectivity index (χ2v) is 5.28. The second kappa shape index (κ2) is 5.94. The number of benzene rings is 1. The zero-order valence-corrected chi connectivity index (χ0v) is 11.2. The fourth-order valence-corrected chi connectivity index (χ4v) is 3.13. The van der Waals surface area contributed by atoms with Crippen LogP contribution in [0.5, 0.6) is 0 Å². The van der Waals surface area contributed by atoms with Gasteiger partial charge in [-0.2, -0.15) is 0 Å². The van der Waals surface area contributed by atoms with Gasteiger partial charge >= 0.3 is 0 Å². The molecule has 0 fully saturated rings. The number of carbonyl (C=O) groups is 1. The van der Waals surface area contributed by atoms with E-state index < -0.39 is 6.61 Å². The summed E-state index contributed by atoms with van der Waals surface area (Å²) in [6.07, 6.45) is 2.01. The minimum absolute atomic E-state index is 0.195. The molecule has 94 valence electrons. The molecule has 0 saturated carbocycles. The molecular weight excluding hydrogens is 244 g/mol. The summed E-state index contributed by atoms with van der Waals surface area (Å²) in [5.41, 5.74) is 2.26. The Labute approximate surface area is 111 Å². The first kappa shape index (κ1) is 13.0. The number of Topliss-reactive ketones (excluding diaryl/α,β-unsaturated/α-hetero) is 1. The van der Waals surface area contributed by atoms with Crippen molar-refractivity contribution in [1.29, 1.82) is 0 Å². The highest BCUT2D eigenvalue weighted by Crippen LogP contribution is 2.32. The Morgan fingerprint density at radius 1 is 1.28 bits per heavy atom. The van der Waals surface area contributed by atoms with Crippen LogP contribution in [0.25, 0.3) is 11.1 Å². The first-order chi connectivity index (χ1) is 8.76. The lowest BCUT2D eigenvalue weighted by atomic mass is 10.0. The molecule has 1 heterocycles. The molecular formula is C15H16O2S. The third kappa shape index (κ3) is 2.68. The smallest absolute Gasteiger partial charge is 0.198 e. The fourth-order valence-electron chi connectivity index (χ4n) is 1.92. The van der Waals surface area contributed by atoms with E-state index in [-0.39, 0.29) is 5.78 Å². The molecule has 1 aromatic carbocycles. The molecule has 0 unspecified atom stereocenters. The van der Waals surface area contributed by atoms with Crippen molar-refractivity contribution in [2.75, 3.05) is 6.61 Å². The topological polar surface area (TPSA) is 37.3 Å². The van der Waals surface area contributed by atoms with Gasteiger partial charge in [0.25, 0.3) is 0 Å². The third-order valence-corrected chi connectivity index (χ3v) is 4.03. The Balaban J connectivity index is 2.45. The van der Waals surface area contributed by atoms with Crippen LogP contribution in [0.4, 0.5) is 0 Å². The average molecular weight is 260 g/mol. The van der Waals surface area contributed by atoms with E-state index in [1.165, 1.54) is 16.2 Å². The molecule has 0 aliphatic carbocycles. The number of aryl methyl sites for hydroxylation is 1. The normalized spacial score (nSPS) is 10.6. The number of hydrogen-bond donors (Lipinski definition) is 1. The van der Waals surface area contributed by atoms with Crippen molar-refractivity contribution in [2.24, 2.45) is 0 Å². The summed E-state index contributed by atoms with van der Waals surface area (Å²) in [7, 11) is 0. The molecule has 0 aliphatic rings. The van der Waals surface area contributed by atoms with Crippen LogP contribution in [0.15, 0.2) is 36.4 Å². The summed E-state index contributed by atoms with van der Waals surface area (Å²) in [4.78, 5) is 13.5. The van der Waals surface area contributed by atoms with Gasteiger partial charge in [-0.25, -0.2) is 0 Å². The highest BCUT2D eigenvalue weighted by molar-refractivity contribution is 7.14. The van der Waals surface area contributed by atoms with Gasteiger partial charge in [-0.15, -0.1) is 11.3 Å². The Kier molecular flexibility index (Phi) is 4.28. The number of aliphatic hydroxyl groups excluding tert-OH is 1. The SMILES string of the molecule is CCCc1sc(C(=O)CO)cc1-c1ccccc1. The van der Waals surface area contributed by atoms with Crippen LogP contribution in [-0.4, -0.2) is 17.5 Å². The molecule has 0 atom stereocenters. The number of rotatable bonds is 5. The molecule has 1 N–H and O–H groups in total. The van der Waals surface area contributed by atoms with Crippen molar-refractivity contribution >= 4 is 17.1 Å². The first-order valence-electron chi connectivity index (χ1n) is 6.08. The summed E-state index contributed by atoms with van der Waals surface area (Å²) < 4.78 is 0. The Hall–Kier alpha value is -1.45. The second-order valence-electron chi connectivity index (χ2n) is 4.14. The standard InChI is InChI=1S/C15H16O2S/c1-2-6-14-12(11-7-4-3-5-8-11)9-15(18-14)13(17)10-16/h3-5,7-9,16H,2,6,10H2,1H3. The summed E-state index contributed by atoms with van der Waals surface area (Å²) in [6, 6.07) is 12.0. The van der Waals surface area contributed by atoms with Crippen LogP contribution >= 0.6 is 11.3 Å². The van der Waals surface area contributed by atoms with Crippen molar-refractivity contribution in [2.45, 2.75) is 19.8 Å². The highest BCUT2D eigenvalue weighted by Gasteiger charge is 2.14. The van der Waals surface area contributed by atoms with Crippen molar-refractivity contribution in [3.05, 3.63) is 46.2 Å². The predicted molar refractivity (Wildman–Crippen MR) is 75.2 cm³/mol. The summed E-state index contributed by atoms with van der Waals surface area (Å²) in [5, 5.41) is 8.95. The quantitative estimate of drug-likeness (QED) is 0.835. The van der Waals surface area contributed by atoms with Crippen LogP contribution in [0.3, 0.4) is 0 Å². The van der Waals surface area contributed by atoms with E-state index in [1.807, 2.05) is 24.3 Å². The molecule has 0 aliphatic heterocycles. The van der Waals surface area contributed by atoms with Gasteiger partial charge in [0.05, 0.1) is 4.88 Å². The minimum Gasteiger partial charge on any atom is -0.388 e. The van der Waals surface area contributed by atoms with Crippen LogP contribution < -0.4 is 0 Å². The number of hydrogen-bond acceptors (Lipinski definition) is 3. The maximum absolute atomic E-state index is 11.6. The molecule has 2 aromatic rings. The molecule has 2 rings (SSSR count). The maximum atomic E-state index is 11.6. The molecule has 0 amide bonds. The molecule has 18 heavy (non-hydrogen) atoms. The van der Waals surface area contributed by atoms with E-state index in [0.29, 0.717) is 4.88 Å². The van der Waals surface area contributed by atoms with E-state index in [4.69, 9.17) is 5.11 Å². The van der Waals surface area contributed by atoms with Crippen LogP contribution in [-0.2, 0) is 6.42 Å². The van der Waals surface area contributed by atoms with Gasteiger partial charge in [0.2, 0.25) is 0 Å². The number of aliphatic hydroxyl groups is 1. The fraction of sp³-hybridized carbons (Fsp3) is 0.267. The molecule has 1 aromatic heterocycles. The first-order valence-corrected chi connectivity index (χ1v) is 6.90. The van der Waals surface area contributed by atoms with Crippen molar-refractivity contribution < 1.29 is 9.90 Å². The van der Waals surface area contributed by atoms with Crippen LogP contribution in [0, 0.1) is 0 Å². The summed E-state index contributed by atoms with van der Waals surface area (Å²) in [5.74, 6) is -0.195.